The van der Waals surface area contributed by atoms with Crippen molar-refractivity contribution in [2.45, 2.75) is 58.8 Å². The summed E-state index contributed by atoms with van der Waals surface area (Å²) in [6.45, 7) is 4.16. The van der Waals surface area contributed by atoms with E-state index in [1.165, 1.54) is 25.7 Å². The molecule has 0 aromatic heterocycles. The number of nitrogens with one attached hydrogen (secondary N) is 1. The molecule has 0 radical (unpaired) electrons. The Morgan fingerprint density at radius 1 is 1.16 bits per heavy atom. The zero-order valence-corrected chi connectivity index (χ0v) is 12.2. The van der Waals surface area contributed by atoms with Gasteiger partial charge in [-0.3, -0.25) is 4.79 Å². The molecular formula is C16H26N2O. The van der Waals surface area contributed by atoms with Crippen molar-refractivity contribution in [1.82, 2.24) is 0 Å². The highest BCUT2D eigenvalue weighted by atomic mass is 16.1. The van der Waals surface area contributed by atoms with Crippen LogP contribution in [-0.4, -0.2) is 5.91 Å². The Balaban J connectivity index is 2.21. The number of rotatable bonds is 8. The lowest BCUT2D eigenvalue weighted by Gasteiger charge is -2.07. The number of benzene rings is 1. The number of anilines is 2. The lowest BCUT2D eigenvalue weighted by atomic mass is 10.1. The van der Waals surface area contributed by atoms with Crippen LogP contribution in [0.3, 0.4) is 0 Å². The van der Waals surface area contributed by atoms with Crippen molar-refractivity contribution in [2.75, 3.05) is 11.1 Å². The third-order valence-electron chi connectivity index (χ3n) is 3.32. The van der Waals surface area contributed by atoms with Crippen LogP contribution in [0.4, 0.5) is 11.4 Å². The largest absolute Gasteiger partial charge is 0.398 e. The maximum Gasteiger partial charge on any atom is 0.224 e. The minimum atomic E-state index is 0.0822. The standard InChI is InChI=1S/C16H26N2O/c1-3-4-5-6-7-8-9-16(19)18-14-11-10-13(2)15(17)12-14/h10-12H,3-9,17H2,1-2H3,(H,18,19). The summed E-state index contributed by atoms with van der Waals surface area (Å²) in [5, 5.41) is 2.89. The second-order valence-electron chi connectivity index (χ2n) is 5.14. The third kappa shape index (κ3) is 6.27. The average Bonchev–Trinajstić information content (AvgIpc) is 2.38. The van der Waals surface area contributed by atoms with Gasteiger partial charge in [-0.15, -0.1) is 0 Å². The molecule has 1 aromatic rings. The van der Waals surface area contributed by atoms with Gasteiger partial charge in [0, 0.05) is 17.8 Å². The van der Waals surface area contributed by atoms with Crippen LogP contribution in [0.1, 0.15) is 57.4 Å². The summed E-state index contributed by atoms with van der Waals surface area (Å²) in [5.41, 5.74) is 8.36. The smallest absolute Gasteiger partial charge is 0.224 e. The monoisotopic (exact) mass is 262 g/mol. The van der Waals surface area contributed by atoms with Crippen LogP contribution in [0.5, 0.6) is 0 Å². The first-order valence-electron chi connectivity index (χ1n) is 7.29. The molecule has 1 aromatic carbocycles. The maximum absolute atomic E-state index is 11.7. The van der Waals surface area contributed by atoms with E-state index in [0.29, 0.717) is 6.42 Å². The maximum atomic E-state index is 11.7. The van der Waals surface area contributed by atoms with Gasteiger partial charge < -0.3 is 11.1 Å². The Hall–Kier alpha value is -1.51. The van der Waals surface area contributed by atoms with Crippen molar-refractivity contribution in [3.63, 3.8) is 0 Å². The third-order valence-corrected chi connectivity index (χ3v) is 3.32. The lowest BCUT2D eigenvalue weighted by Crippen LogP contribution is -2.11. The Morgan fingerprint density at radius 3 is 2.53 bits per heavy atom. The van der Waals surface area contributed by atoms with Gasteiger partial charge in [-0.2, -0.15) is 0 Å². The van der Waals surface area contributed by atoms with Crippen LogP contribution >= 0.6 is 0 Å². The predicted octanol–water partition coefficient (Wildman–Crippen LogP) is 4.27. The van der Waals surface area contributed by atoms with E-state index in [2.05, 4.69) is 12.2 Å². The molecule has 19 heavy (non-hydrogen) atoms. The highest BCUT2D eigenvalue weighted by Crippen LogP contribution is 2.17. The molecule has 3 nitrogen and oxygen atoms in total. The molecular weight excluding hydrogens is 236 g/mol. The van der Waals surface area contributed by atoms with E-state index >= 15 is 0 Å². The number of hydrogen-bond donors (Lipinski definition) is 2. The highest BCUT2D eigenvalue weighted by Gasteiger charge is 2.03. The number of nitrogens with two attached hydrogens (primary N) is 1. The minimum absolute atomic E-state index is 0.0822. The lowest BCUT2D eigenvalue weighted by molar-refractivity contribution is -0.116. The van der Waals surface area contributed by atoms with Crippen LogP contribution in [0.25, 0.3) is 0 Å². The van der Waals surface area contributed by atoms with E-state index in [9.17, 15) is 4.79 Å². The van der Waals surface area contributed by atoms with Gasteiger partial charge in [-0.25, -0.2) is 0 Å². The van der Waals surface area contributed by atoms with Gasteiger partial charge in [0.15, 0.2) is 0 Å². The van der Waals surface area contributed by atoms with Crippen LogP contribution in [0.2, 0.25) is 0 Å². The topological polar surface area (TPSA) is 55.1 Å². The van der Waals surface area contributed by atoms with Gasteiger partial charge in [-0.05, 0) is 31.0 Å². The van der Waals surface area contributed by atoms with Crippen molar-refractivity contribution >= 4 is 17.3 Å². The number of amides is 1. The Morgan fingerprint density at radius 2 is 1.84 bits per heavy atom. The highest BCUT2D eigenvalue weighted by molar-refractivity contribution is 5.91. The molecule has 0 heterocycles. The van der Waals surface area contributed by atoms with Crippen molar-refractivity contribution < 1.29 is 4.79 Å². The molecule has 0 saturated carbocycles. The molecule has 3 heteroatoms. The van der Waals surface area contributed by atoms with Gasteiger partial charge in [0.2, 0.25) is 5.91 Å². The van der Waals surface area contributed by atoms with Crippen LogP contribution in [-0.2, 0) is 4.79 Å². The summed E-state index contributed by atoms with van der Waals surface area (Å²) in [6.07, 6.45) is 7.79. The number of aryl methyl sites for hydroxylation is 1. The fourth-order valence-electron chi connectivity index (χ4n) is 2.01. The normalized spacial score (nSPS) is 10.4. The molecule has 1 amide bonds. The van der Waals surface area contributed by atoms with E-state index in [-0.39, 0.29) is 5.91 Å². The first-order chi connectivity index (χ1) is 9.13. The first kappa shape index (κ1) is 15.5. The number of unbranched alkanes of at least 4 members (excludes halogenated alkanes) is 5. The molecule has 3 N–H and O–H groups in total. The molecule has 0 bridgehead atoms. The number of carbonyl (C=O) groups excluding carboxylic acids is 1. The number of hydrogen-bond acceptors (Lipinski definition) is 2. The van der Waals surface area contributed by atoms with E-state index in [1.54, 1.807) is 0 Å². The summed E-state index contributed by atoms with van der Waals surface area (Å²) in [7, 11) is 0. The average molecular weight is 262 g/mol. The van der Waals surface area contributed by atoms with Gasteiger partial charge in [0.25, 0.3) is 0 Å². The molecule has 0 aliphatic heterocycles. The molecule has 0 aliphatic carbocycles. The minimum Gasteiger partial charge on any atom is -0.398 e. The number of carbonyl (C=O) groups is 1. The summed E-state index contributed by atoms with van der Waals surface area (Å²) in [4.78, 5) is 11.7. The van der Waals surface area contributed by atoms with Crippen molar-refractivity contribution in [2.24, 2.45) is 0 Å². The summed E-state index contributed by atoms with van der Waals surface area (Å²) < 4.78 is 0. The van der Waals surface area contributed by atoms with E-state index < -0.39 is 0 Å². The van der Waals surface area contributed by atoms with E-state index in [4.69, 9.17) is 5.73 Å². The predicted molar refractivity (Wildman–Crippen MR) is 82.2 cm³/mol. The Labute approximate surface area is 116 Å². The summed E-state index contributed by atoms with van der Waals surface area (Å²) in [5.74, 6) is 0.0822. The molecule has 0 unspecified atom stereocenters. The summed E-state index contributed by atoms with van der Waals surface area (Å²) >= 11 is 0. The van der Waals surface area contributed by atoms with Gasteiger partial charge in [-0.1, -0.05) is 45.1 Å². The second kappa shape index (κ2) is 8.57. The molecule has 0 fully saturated rings. The van der Waals surface area contributed by atoms with Crippen LogP contribution in [0.15, 0.2) is 18.2 Å². The summed E-state index contributed by atoms with van der Waals surface area (Å²) in [6, 6.07) is 5.63. The van der Waals surface area contributed by atoms with E-state index in [1.807, 2.05) is 25.1 Å². The second-order valence-corrected chi connectivity index (χ2v) is 5.14. The zero-order valence-electron chi connectivity index (χ0n) is 12.2. The Bertz CT molecular complexity index is 402. The molecule has 1 rings (SSSR count). The Kier molecular flexibility index (Phi) is 7.01. The molecule has 0 aliphatic rings. The van der Waals surface area contributed by atoms with Gasteiger partial charge >= 0.3 is 0 Å². The van der Waals surface area contributed by atoms with Crippen molar-refractivity contribution in [3.8, 4) is 0 Å². The molecule has 0 saturated heterocycles. The number of nitrogen functional groups attached to an aromatic ring is 1. The zero-order chi connectivity index (χ0) is 14.1. The van der Waals surface area contributed by atoms with Gasteiger partial charge in [0.05, 0.1) is 0 Å². The quantitative estimate of drug-likeness (QED) is 0.543. The van der Waals surface area contributed by atoms with Crippen molar-refractivity contribution in [1.29, 1.82) is 0 Å². The molecule has 0 atom stereocenters. The first-order valence-corrected chi connectivity index (χ1v) is 7.29. The van der Waals surface area contributed by atoms with Crippen LogP contribution in [0, 0.1) is 6.92 Å². The molecule has 106 valence electrons. The van der Waals surface area contributed by atoms with Crippen LogP contribution < -0.4 is 11.1 Å². The van der Waals surface area contributed by atoms with Crippen molar-refractivity contribution in [3.05, 3.63) is 23.8 Å². The SMILES string of the molecule is CCCCCCCCC(=O)Nc1ccc(C)c(N)c1. The molecule has 0 spiro atoms. The van der Waals surface area contributed by atoms with E-state index in [0.717, 1.165) is 29.8 Å². The fraction of sp³-hybridized carbons (Fsp3) is 0.562. The van der Waals surface area contributed by atoms with Gasteiger partial charge in [0.1, 0.15) is 0 Å². The fourth-order valence-corrected chi connectivity index (χ4v) is 2.01.